The zero-order valence-electron chi connectivity index (χ0n) is 7.50. The smallest absolute Gasteiger partial charge is 0.335 e. The average molecular weight is 196 g/mol. The minimum atomic E-state index is -1.73. The Balaban J connectivity index is 2.57. The highest BCUT2D eigenvalue weighted by atomic mass is 16.4. The summed E-state index contributed by atoms with van der Waals surface area (Å²) < 4.78 is 0. The summed E-state index contributed by atoms with van der Waals surface area (Å²) in [7, 11) is 0. The first kappa shape index (κ1) is 10.7. The fourth-order valence-corrected chi connectivity index (χ4v) is 1.13. The van der Waals surface area contributed by atoms with Crippen LogP contribution in [0, 0.1) is 0 Å². The van der Waals surface area contributed by atoms with Gasteiger partial charge in [-0.3, -0.25) is 0 Å². The molecule has 76 valence electrons. The van der Waals surface area contributed by atoms with Crippen molar-refractivity contribution in [2.75, 3.05) is 0 Å². The van der Waals surface area contributed by atoms with Crippen LogP contribution >= 0.6 is 0 Å². The molecule has 0 saturated heterocycles. The highest BCUT2D eigenvalue weighted by molar-refractivity contribution is 5.72. The number of benzene rings is 1. The lowest BCUT2D eigenvalue weighted by Gasteiger charge is -2.13. The van der Waals surface area contributed by atoms with Crippen molar-refractivity contribution in [3.63, 3.8) is 0 Å². The quantitative estimate of drug-likeness (QED) is 0.635. The van der Waals surface area contributed by atoms with E-state index in [0.29, 0.717) is 0 Å². The van der Waals surface area contributed by atoms with E-state index in [1.165, 1.54) is 0 Å². The first-order valence-electron chi connectivity index (χ1n) is 4.24. The molecule has 3 N–H and O–H groups in total. The van der Waals surface area contributed by atoms with Gasteiger partial charge in [0.2, 0.25) is 0 Å². The summed E-state index contributed by atoms with van der Waals surface area (Å²) >= 11 is 0. The molecule has 0 heterocycles. The Kier molecular flexibility index (Phi) is 3.62. The van der Waals surface area contributed by atoms with Crippen LogP contribution in [0.1, 0.15) is 5.56 Å². The lowest BCUT2D eigenvalue weighted by atomic mass is 10.0. The number of carbonyl (C=O) groups is 1. The Morgan fingerprint density at radius 2 is 1.79 bits per heavy atom. The van der Waals surface area contributed by atoms with Crippen molar-refractivity contribution in [3.8, 4) is 0 Å². The lowest BCUT2D eigenvalue weighted by molar-refractivity contribution is -0.152. The highest BCUT2D eigenvalue weighted by Crippen LogP contribution is 2.05. The van der Waals surface area contributed by atoms with Crippen molar-refractivity contribution in [1.29, 1.82) is 0 Å². The van der Waals surface area contributed by atoms with E-state index < -0.39 is 18.2 Å². The molecule has 1 aromatic carbocycles. The Hall–Kier alpha value is -1.39. The van der Waals surface area contributed by atoms with Gasteiger partial charge in [0, 0.05) is 6.42 Å². The van der Waals surface area contributed by atoms with Gasteiger partial charge in [0.05, 0.1) is 6.10 Å². The Morgan fingerprint density at radius 3 is 2.29 bits per heavy atom. The predicted octanol–water partition coefficient (Wildman–Crippen LogP) is 0.0355. The van der Waals surface area contributed by atoms with Crippen LogP contribution in [0.2, 0.25) is 0 Å². The highest BCUT2D eigenvalue weighted by Gasteiger charge is 2.23. The fraction of sp³-hybridized carbons (Fsp3) is 0.300. The summed E-state index contributed by atoms with van der Waals surface area (Å²) in [5, 5.41) is 26.7. The monoisotopic (exact) mass is 196 g/mol. The maximum atomic E-state index is 10.3. The number of hydrogen-bond donors (Lipinski definition) is 3. The second-order valence-corrected chi connectivity index (χ2v) is 3.04. The fourth-order valence-electron chi connectivity index (χ4n) is 1.13. The summed E-state index contributed by atoms with van der Waals surface area (Å²) in [6.07, 6.45) is -2.86. The van der Waals surface area contributed by atoms with Gasteiger partial charge in [0.15, 0.2) is 6.10 Å². The van der Waals surface area contributed by atoms with Crippen molar-refractivity contribution in [2.45, 2.75) is 18.6 Å². The molecule has 0 radical (unpaired) electrons. The van der Waals surface area contributed by atoms with E-state index in [2.05, 4.69) is 0 Å². The molecule has 0 aliphatic carbocycles. The molecule has 0 fully saturated rings. The number of carboxylic acid groups (broad SMARTS) is 1. The molecule has 0 aromatic heterocycles. The predicted molar refractivity (Wildman–Crippen MR) is 49.8 cm³/mol. The summed E-state index contributed by atoms with van der Waals surface area (Å²) in [6.45, 7) is 0. The van der Waals surface area contributed by atoms with E-state index in [1.807, 2.05) is 6.07 Å². The number of hydrogen-bond acceptors (Lipinski definition) is 3. The van der Waals surface area contributed by atoms with Crippen LogP contribution in [0.3, 0.4) is 0 Å². The maximum Gasteiger partial charge on any atom is 0.335 e. The van der Waals surface area contributed by atoms with Gasteiger partial charge in [0.1, 0.15) is 0 Å². The Bertz CT molecular complexity index is 296. The third-order valence-electron chi connectivity index (χ3n) is 1.91. The van der Waals surface area contributed by atoms with Crippen molar-refractivity contribution >= 4 is 5.97 Å². The van der Waals surface area contributed by atoms with E-state index in [1.54, 1.807) is 24.3 Å². The summed E-state index contributed by atoms with van der Waals surface area (Å²) in [5.41, 5.74) is 0.792. The SMILES string of the molecule is O=C(O)C(O)C(O)Cc1ccccc1. The third-order valence-corrected chi connectivity index (χ3v) is 1.91. The van der Waals surface area contributed by atoms with Crippen LogP contribution < -0.4 is 0 Å². The molecular weight excluding hydrogens is 184 g/mol. The lowest BCUT2D eigenvalue weighted by Crippen LogP contribution is -2.35. The standard InChI is InChI=1S/C10H12O4/c11-8(9(12)10(13)14)6-7-4-2-1-3-5-7/h1-5,8-9,11-12H,6H2,(H,13,14). The summed E-state index contributed by atoms with van der Waals surface area (Å²) in [6, 6.07) is 8.92. The van der Waals surface area contributed by atoms with E-state index in [0.717, 1.165) is 5.56 Å². The molecule has 1 aromatic rings. The van der Waals surface area contributed by atoms with Crippen LogP contribution in [0.5, 0.6) is 0 Å². The van der Waals surface area contributed by atoms with Gasteiger partial charge in [-0.1, -0.05) is 30.3 Å². The first-order chi connectivity index (χ1) is 6.61. The Morgan fingerprint density at radius 1 is 1.21 bits per heavy atom. The molecule has 0 spiro atoms. The van der Waals surface area contributed by atoms with Gasteiger partial charge in [0.25, 0.3) is 0 Å². The largest absolute Gasteiger partial charge is 0.479 e. The second kappa shape index (κ2) is 4.74. The van der Waals surface area contributed by atoms with Gasteiger partial charge in [-0.25, -0.2) is 4.79 Å². The molecule has 0 amide bonds. The Labute approximate surface area is 81.4 Å². The average Bonchev–Trinajstić information content (AvgIpc) is 2.18. The van der Waals surface area contributed by atoms with Crippen molar-refractivity contribution in [3.05, 3.63) is 35.9 Å². The summed E-state index contributed by atoms with van der Waals surface area (Å²) in [4.78, 5) is 10.3. The summed E-state index contributed by atoms with van der Waals surface area (Å²) in [5.74, 6) is -1.41. The maximum absolute atomic E-state index is 10.3. The van der Waals surface area contributed by atoms with Crippen LogP contribution in [-0.2, 0) is 11.2 Å². The second-order valence-electron chi connectivity index (χ2n) is 3.04. The molecule has 0 aliphatic heterocycles. The number of rotatable bonds is 4. The van der Waals surface area contributed by atoms with Gasteiger partial charge < -0.3 is 15.3 Å². The van der Waals surface area contributed by atoms with Crippen LogP contribution in [0.4, 0.5) is 0 Å². The van der Waals surface area contributed by atoms with Gasteiger partial charge in [-0.15, -0.1) is 0 Å². The third kappa shape index (κ3) is 2.83. The molecule has 2 atom stereocenters. The van der Waals surface area contributed by atoms with Crippen LogP contribution in [-0.4, -0.2) is 33.5 Å². The van der Waals surface area contributed by atoms with Crippen molar-refractivity contribution in [1.82, 2.24) is 0 Å². The van der Waals surface area contributed by atoms with E-state index in [4.69, 9.17) is 10.2 Å². The molecule has 4 heteroatoms. The van der Waals surface area contributed by atoms with Crippen molar-refractivity contribution < 1.29 is 20.1 Å². The molecule has 0 aliphatic rings. The molecule has 14 heavy (non-hydrogen) atoms. The molecule has 0 bridgehead atoms. The zero-order valence-corrected chi connectivity index (χ0v) is 7.50. The van der Waals surface area contributed by atoms with Crippen LogP contribution in [0.25, 0.3) is 0 Å². The van der Waals surface area contributed by atoms with Gasteiger partial charge in [-0.05, 0) is 5.56 Å². The number of aliphatic hydroxyl groups excluding tert-OH is 2. The molecule has 0 saturated carbocycles. The van der Waals surface area contributed by atoms with Crippen molar-refractivity contribution in [2.24, 2.45) is 0 Å². The molecule has 4 nitrogen and oxygen atoms in total. The van der Waals surface area contributed by atoms with Crippen LogP contribution in [0.15, 0.2) is 30.3 Å². The van der Waals surface area contributed by atoms with Gasteiger partial charge >= 0.3 is 5.97 Å². The first-order valence-corrected chi connectivity index (χ1v) is 4.24. The van der Waals surface area contributed by atoms with E-state index >= 15 is 0 Å². The topological polar surface area (TPSA) is 77.8 Å². The van der Waals surface area contributed by atoms with Gasteiger partial charge in [-0.2, -0.15) is 0 Å². The normalized spacial score (nSPS) is 14.7. The number of carboxylic acids is 1. The molecular formula is C10H12O4. The number of aliphatic hydroxyl groups is 2. The zero-order chi connectivity index (χ0) is 10.6. The molecule has 2 unspecified atom stereocenters. The van der Waals surface area contributed by atoms with E-state index in [-0.39, 0.29) is 6.42 Å². The minimum Gasteiger partial charge on any atom is -0.479 e. The van der Waals surface area contributed by atoms with E-state index in [9.17, 15) is 9.90 Å². The number of aliphatic carboxylic acids is 1. The molecule has 1 rings (SSSR count). The minimum absolute atomic E-state index is 0.133.